The highest BCUT2D eigenvalue weighted by atomic mass is 17.0. The zero-order valence-corrected chi connectivity index (χ0v) is 11.8. The summed E-state index contributed by atoms with van der Waals surface area (Å²) in [5.74, 6) is 0. The van der Waals surface area contributed by atoms with Crippen LogP contribution in [0.3, 0.4) is 0 Å². The topological polar surface area (TPSA) is 105 Å². The number of nitrogens with zero attached hydrogens (tertiary/aromatic N) is 2. The first kappa shape index (κ1) is 15.7. The zero-order valence-electron chi connectivity index (χ0n) is 11.8. The first-order valence-corrected chi connectivity index (χ1v) is 5.88. The van der Waals surface area contributed by atoms with Gasteiger partial charge in [-0.05, 0) is 61.1 Å². The molecule has 0 unspecified atom stereocenters. The van der Waals surface area contributed by atoms with E-state index in [9.17, 15) is 20.2 Å². The van der Waals surface area contributed by atoms with E-state index in [1.165, 1.54) is 0 Å². The van der Waals surface area contributed by atoms with Crippen LogP contribution in [0.2, 0.25) is 0 Å². The lowest BCUT2D eigenvalue weighted by Gasteiger charge is -2.19. The second kappa shape index (κ2) is 6.18. The molecular weight excluding hydrogens is 268 g/mol. The molecule has 0 aromatic heterocycles. The molecule has 0 aliphatic rings. The second-order valence-corrected chi connectivity index (χ2v) is 4.45. The predicted octanol–water partition coefficient (Wildman–Crippen LogP) is 2.34. The molecule has 1 aromatic carbocycles. The van der Waals surface area contributed by atoms with Crippen LogP contribution in [0.5, 0.6) is 0 Å². The van der Waals surface area contributed by atoms with Crippen molar-refractivity contribution >= 4 is 0 Å². The van der Waals surface area contributed by atoms with Crippen LogP contribution in [-0.2, 0) is 22.9 Å². The van der Waals surface area contributed by atoms with Crippen LogP contribution < -0.4 is 0 Å². The SMILES string of the molecule is Cc1c(C)c(C)c(CO[N+](=O)[O-])c(CO[N+](=O)[O-])c1C. The summed E-state index contributed by atoms with van der Waals surface area (Å²) in [4.78, 5) is 29.5. The van der Waals surface area contributed by atoms with Gasteiger partial charge >= 0.3 is 0 Å². The smallest absolute Gasteiger partial charge is 0.294 e. The van der Waals surface area contributed by atoms with E-state index in [0.717, 1.165) is 22.3 Å². The first-order valence-electron chi connectivity index (χ1n) is 5.88. The predicted molar refractivity (Wildman–Crippen MR) is 69.0 cm³/mol. The van der Waals surface area contributed by atoms with Gasteiger partial charge in [0, 0.05) is 0 Å². The minimum atomic E-state index is -0.887. The normalized spacial score (nSPS) is 10.2. The third-order valence-corrected chi connectivity index (χ3v) is 3.59. The summed E-state index contributed by atoms with van der Waals surface area (Å²) in [5.41, 5.74) is 4.71. The molecule has 8 heteroatoms. The average molecular weight is 284 g/mol. The van der Waals surface area contributed by atoms with Gasteiger partial charge in [-0.15, -0.1) is 20.2 Å². The van der Waals surface area contributed by atoms with Gasteiger partial charge < -0.3 is 9.68 Å². The summed E-state index contributed by atoms with van der Waals surface area (Å²) in [6, 6.07) is 0. The number of benzene rings is 1. The van der Waals surface area contributed by atoms with Crippen LogP contribution in [0, 0.1) is 47.9 Å². The van der Waals surface area contributed by atoms with E-state index in [4.69, 9.17) is 0 Å². The fraction of sp³-hybridized carbons (Fsp3) is 0.500. The Morgan fingerprint density at radius 1 is 0.750 bits per heavy atom. The van der Waals surface area contributed by atoms with E-state index in [2.05, 4.69) is 9.68 Å². The molecule has 110 valence electrons. The number of hydrogen-bond donors (Lipinski definition) is 0. The Kier molecular flexibility index (Phi) is 4.84. The third kappa shape index (κ3) is 3.34. The van der Waals surface area contributed by atoms with Crippen LogP contribution >= 0.6 is 0 Å². The van der Waals surface area contributed by atoms with Gasteiger partial charge in [0.05, 0.1) is 0 Å². The maximum atomic E-state index is 10.3. The summed E-state index contributed by atoms with van der Waals surface area (Å²) in [7, 11) is 0. The summed E-state index contributed by atoms with van der Waals surface area (Å²) < 4.78 is 0. The molecule has 0 aliphatic carbocycles. The van der Waals surface area contributed by atoms with Gasteiger partial charge in [0.15, 0.2) is 0 Å². The molecule has 20 heavy (non-hydrogen) atoms. The van der Waals surface area contributed by atoms with E-state index in [1.54, 1.807) is 13.8 Å². The van der Waals surface area contributed by atoms with Crippen LogP contribution in [0.4, 0.5) is 0 Å². The summed E-state index contributed by atoms with van der Waals surface area (Å²) in [6.45, 7) is 6.89. The third-order valence-electron chi connectivity index (χ3n) is 3.59. The Labute approximate surface area is 115 Å². The Hall–Kier alpha value is -2.38. The van der Waals surface area contributed by atoms with Crippen molar-refractivity contribution < 1.29 is 19.8 Å². The van der Waals surface area contributed by atoms with Crippen molar-refractivity contribution in [3.8, 4) is 0 Å². The molecule has 0 aliphatic heterocycles. The van der Waals surface area contributed by atoms with Gasteiger partial charge in [0.25, 0.3) is 10.2 Å². The highest BCUT2D eigenvalue weighted by Crippen LogP contribution is 2.28. The van der Waals surface area contributed by atoms with Crippen LogP contribution in [0.25, 0.3) is 0 Å². The van der Waals surface area contributed by atoms with E-state index in [-0.39, 0.29) is 13.2 Å². The lowest BCUT2D eigenvalue weighted by molar-refractivity contribution is -0.764. The molecule has 0 radical (unpaired) electrons. The number of hydrogen-bond acceptors (Lipinski definition) is 6. The minimum Gasteiger partial charge on any atom is -0.309 e. The van der Waals surface area contributed by atoms with Crippen molar-refractivity contribution in [1.29, 1.82) is 0 Å². The molecule has 0 N–H and O–H groups in total. The fourth-order valence-electron chi connectivity index (χ4n) is 2.09. The van der Waals surface area contributed by atoms with Gasteiger partial charge in [-0.3, -0.25) is 0 Å². The minimum absolute atomic E-state index is 0.253. The van der Waals surface area contributed by atoms with Gasteiger partial charge in [0.2, 0.25) is 0 Å². The summed E-state index contributed by atoms with van der Waals surface area (Å²) >= 11 is 0. The summed E-state index contributed by atoms with van der Waals surface area (Å²) in [5, 5.41) is 18.9. The summed E-state index contributed by atoms with van der Waals surface area (Å²) in [6.07, 6.45) is 0. The molecule has 0 atom stereocenters. The highest BCUT2D eigenvalue weighted by molar-refractivity contribution is 5.49. The van der Waals surface area contributed by atoms with Gasteiger partial charge in [-0.2, -0.15) is 0 Å². The Bertz CT molecular complexity index is 507. The molecule has 1 aromatic rings. The molecule has 0 amide bonds. The van der Waals surface area contributed by atoms with Gasteiger partial charge in [0.1, 0.15) is 13.2 Å². The molecule has 0 spiro atoms. The van der Waals surface area contributed by atoms with Crippen molar-refractivity contribution in [2.24, 2.45) is 0 Å². The van der Waals surface area contributed by atoms with Crippen LogP contribution in [-0.4, -0.2) is 10.2 Å². The molecule has 0 saturated carbocycles. The van der Waals surface area contributed by atoms with E-state index < -0.39 is 10.2 Å². The molecule has 8 nitrogen and oxygen atoms in total. The largest absolute Gasteiger partial charge is 0.309 e. The fourth-order valence-corrected chi connectivity index (χ4v) is 2.09. The van der Waals surface area contributed by atoms with Gasteiger partial charge in [-0.1, -0.05) is 0 Å². The van der Waals surface area contributed by atoms with Crippen LogP contribution in [0.1, 0.15) is 33.4 Å². The Morgan fingerprint density at radius 3 is 1.30 bits per heavy atom. The second-order valence-electron chi connectivity index (χ2n) is 4.45. The molecule has 0 saturated heterocycles. The first-order chi connectivity index (χ1) is 9.25. The van der Waals surface area contributed by atoms with E-state index in [0.29, 0.717) is 11.1 Å². The Morgan fingerprint density at radius 2 is 1.05 bits per heavy atom. The van der Waals surface area contributed by atoms with E-state index in [1.807, 2.05) is 13.8 Å². The maximum absolute atomic E-state index is 10.3. The van der Waals surface area contributed by atoms with Crippen molar-refractivity contribution in [2.45, 2.75) is 40.9 Å². The van der Waals surface area contributed by atoms with Gasteiger partial charge in [-0.25, -0.2) is 0 Å². The lowest BCUT2D eigenvalue weighted by atomic mass is 9.89. The average Bonchev–Trinajstić information content (AvgIpc) is 2.37. The standard InChI is InChI=1S/C12H16N2O6/c1-7-8(2)10(4)12(6-20-14(17)18)11(9(7)3)5-19-13(15)16/h5-6H2,1-4H3. The molecule has 1 rings (SSSR count). The molecule has 0 bridgehead atoms. The molecule has 0 heterocycles. The van der Waals surface area contributed by atoms with Crippen molar-refractivity contribution in [1.82, 2.24) is 0 Å². The quantitative estimate of drug-likeness (QED) is 0.586. The highest BCUT2D eigenvalue weighted by Gasteiger charge is 2.17. The van der Waals surface area contributed by atoms with E-state index >= 15 is 0 Å². The molecular formula is C12H16N2O6. The monoisotopic (exact) mass is 284 g/mol. The Balaban J connectivity index is 3.28. The zero-order chi connectivity index (χ0) is 15.4. The number of rotatable bonds is 6. The lowest BCUT2D eigenvalue weighted by Crippen LogP contribution is -2.12. The molecule has 0 fully saturated rings. The van der Waals surface area contributed by atoms with Crippen molar-refractivity contribution in [3.05, 3.63) is 53.6 Å². The van der Waals surface area contributed by atoms with Crippen LogP contribution in [0.15, 0.2) is 0 Å². The van der Waals surface area contributed by atoms with Crippen molar-refractivity contribution in [3.63, 3.8) is 0 Å². The maximum Gasteiger partial charge on any atom is 0.294 e. The van der Waals surface area contributed by atoms with Crippen molar-refractivity contribution in [2.75, 3.05) is 0 Å².